The Morgan fingerprint density at radius 1 is 0.554 bits per heavy atom. The van der Waals surface area contributed by atoms with Crippen molar-refractivity contribution in [1.29, 1.82) is 0 Å². The lowest BCUT2D eigenvalue weighted by Crippen LogP contribution is -2.62. The summed E-state index contributed by atoms with van der Waals surface area (Å²) in [6, 6.07) is -11.0. The number of anilines is 1. The van der Waals surface area contributed by atoms with Gasteiger partial charge in [-0.3, -0.25) is 91.1 Å². The molecule has 1 aromatic heterocycles. The molecule has 13 atom stereocenters. The van der Waals surface area contributed by atoms with Crippen molar-refractivity contribution >= 4 is 141 Å². The summed E-state index contributed by atoms with van der Waals surface area (Å²) in [7, 11) is 0. The Balaban J connectivity index is 1.91. The van der Waals surface area contributed by atoms with Gasteiger partial charge in [-0.25, -0.2) is 9.59 Å². The first-order valence-electron chi connectivity index (χ1n) is 38.8. The quantitative estimate of drug-likeness (QED) is 0.0112. The number of carboxylic acids is 4. The molecule has 4 rings (SSSR count). The fraction of sp³-hybridized carbons (Fsp3) is 0.539. The van der Waals surface area contributed by atoms with E-state index in [9.17, 15) is 126 Å². The number of ether oxygens (including phenoxy) is 2. The third-order valence-electron chi connectivity index (χ3n) is 18.4. The average molecular weight is 1710 g/mol. The van der Waals surface area contributed by atoms with E-state index < -0.39 is 274 Å². The predicted molar refractivity (Wildman–Crippen MR) is 421 cm³/mol. The van der Waals surface area contributed by atoms with Crippen molar-refractivity contribution in [2.45, 2.75) is 229 Å². The third kappa shape index (κ3) is 35.4. The normalized spacial score (nSPS) is 20.7. The van der Waals surface area contributed by atoms with Gasteiger partial charge in [-0.05, 0) is 76.6 Å². The third-order valence-corrected chi connectivity index (χ3v) is 18.4. The molecule has 1 saturated heterocycles. The molecule has 24 N–H and O–H groups in total. The number of unbranched alkanes of at least 4 members (excludes halogenated alkanes) is 6. The minimum Gasteiger partial charge on any atom is -0.481 e. The number of hydrogen-bond acceptors (Lipinski definition) is 25. The fourth-order valence-electron chi connectivity index (χ4n) is 12.2. The Hall–Kier alpha value is -13.4. The van der Waals surface area contributed by atoms with E-state index in [0.29, 0.717) is 29.3 Å². The Labute approximate surface area is 692 Å². The molecule has 2 aromatic carbocycles. The molecule has 1 fully saturated rings. The van der Waals surface area contributed by atoms with Crippen LogP contribution in [0.3, 0.4) is 0 Å². The summed E-state index contributed by atoms with van der Waals surface area (Å²) in [4.78, 5) is 290. The number of carboxylic acid groups (broad SMARTS) is 4. The second-order valence-electron chi connectivity index (χ2n) is 28.8. The van der Waals surface area contributed by atoms with Gasteiger partial charge >= 0.3 is 35.9 Å². The molecule has 0 saturated carbocycles. The first kappa shape index (κ1) is 100.0. The number of cyclic esters (lactones) is 1. The number of alkyl carbamates (subject to hydrolysis) is 1. The van der Waals surface area contributed by atoms with Gasteiger partial charge in [0.15, 0.2) is 5.78 Å². The van der Waals surface area contributed by atoms with Crippen LogP contribution in [0.25, 0.3) is 10.9 Å². The second-order valence-corrected chi connectivity index (χ2v) is 28.8. The molecular formula is C76H107N17O28. The van der Waals surface area contributed by atoms with E-state index in [1.165, 1.54) is 38.1 Å². The number of carbonyl (C=O) groups excluding carboxylic acids is 17. The Morgan fingerprint density at radius 3 is 1.70 bits per heavy atom. The summed E-state index contributed by atoms with van der Waals surface area (Å²) in [5.74, 6) is -30.2. The Morgan fingerprint density at radius 2 is 1.10 bits per heavy atom. The van der Waals surface area contributed by atoms with Crippen molar-refractivity contribution < 1.29 is 136 Å². The molecule has 0 unspecified atom stereocenters. The summed E-state index contributed by atoms with van der Waals surface area (Å²) < 4.78 is 10.8. The summed E-state index contributed by atoms with van der Waals surface area (Å²) >= 11 is 0. The highest BCUT2D eigenvalue weighted by molar-refractivity contribution is 6.05. The first-order valence-corrected chi connectivity index (χ1v) is 38.8. The summed E-state index contributed by atoms with van der Waals surface area (Å²) in [6.45, 7) is 3.88. The van der Waals surface area contributed by atoms with Crippen LogP contribution in [0, 0.1) is 5.92 Å². The summed E-state index contributed by atoms with van der Waals surface area (Å²) in [6.07, 6.45) is -4.46. The molecule has 0 spiro atoms. The number of rotatable bonds is 37. The number of nitrogens with two attached hydrogens (primary N) is 2. The molecule has 664 valence electrons. The molecule has 15 amide bonds. The zero-order valence-corrected chi connectivity index (χ0v) is 67.4. The van der Waals surface area contributed by atoms with Crippen molar-refractivity contribution in [3.63, 3.8) is 0 Å². The summed E-state index contributed by atoms with van der Waals surface area (Å²) in [5.41, 5.74) is 12.3. The molecule has 0 aliphatic carbocycles. The average Bonchev–Trinajstić information content (AvgIpc) is 1.81. The lowest BCUT2D eigenvalue weighted by atomic mass is 9.96. The van der Waals surface area contributed by atoms with E-state index in [0.717, 1.165) is 52.9 Å². The topological polar surface area (TPSA) is 714 Å². The van der Waals surface area contributed by atoms with Crippen LogP contribution in [-0.4, -0.2) is 260 Å². The minimum atomic E-state index is -2.49. The number of H-pyrrole nitrogens is 1. The number of primary amides is 1. The molecule has 3 aromatic rings. The van der Waals surface area contributed by atoms with Crippen LogP contribution >= 0.6 is 0 Å². The van der Waals surface area contributed by atoms with E-state index in [2.05, 4.69) is 70.4 Å². The largest absolute Gasteiger partial charge is 0.481 e. The van der Waals surface area contributed by atoms with Crippen LogP contribution < -0.4 is 85.9 Å². The van der Waals surface area contributed by atoms with Gasteiger partial charge in [-0.1, -0.05) is 82.7 Å². The number of aliphatic hydroxyl groups is 1. The van der Waals surface area contributed by atoms with Crippen LogP contribution in [0.15, 0.2) is 54.7 Å². The predicted octanol–water partition coefficient (Wildman–Crippen LogP) is -4.45. The zero-order valence-electron chi connectivity index (χ0n) is 67.4. The number of aliphatic carboxylic acids is 4. The van der Waals surface area contributed by atoms with Crippen LogP contribution in [0.4, 0.5) is 10.5 Å². The molecule has 0 radical (unpaired) electrons. The number of aromatic amines is 1. The molecule has 2 heterocycles. The first-order chi connectivity index (χ1) is 57.1. The van der Waals surface area contributed by atoms with Crippen LogP contribution in [0.2, 0.25) is 0 Å². The standard InChI is InChI=1S/C76H107N17O28/c1-7-8-9-10-11-12-13-24-56(97)85-47(27-41-33-80-45-22-17-15-19-42(41)45)69(112)88-48(29-55(78)96)70(113)90-51(32-62(106)107)71(114)93-64-40(6)121-75(118)52(28-54(95)43-20-14-16-21-44(43)77)91-74(117)63(38(4)26-59(100)101)92-72(115)53(36-94)86-58(99)34-81-66(109)49(30-60(102)103)87-65(108)39(5)83-68(111)50(31-61(104)105)89-67(110)46(84-57(98)35-82-73(64)116)23-18-25-79-76(119)120-37(2)3/h14-17,19-22,33,37-40,46-53,63-64,80,94H,7-13,18,23-32,34-36,77H2,1-6H3,(H2,78,96)(H,79,119)(H,81,109)(H,82,116)(H,83,111)(H,84,98)(H,85,97)(H,86,99)(H,87,108)(H,88,112)(H,89,110)(H,90,113)(H,91,117)(H,92,115)(H,93,114)(H,100,101)(H,102,103)(H,104,105)(H,106,107)/t38-,39+,40+,46-,47-,48+,49-,50-,51-,52-,53+,63-,64-/m0/s1. The number of hydrogen-bond donors (Lipinski definition) is 22. The molecule has 1 aliphatic heterocycles. The van der Waals surface area contributed by atoms with Gasteiger partial charge in [-0.2, -0.15) is 0 Å². The number of carbonyl (C=O) groups is 21. The van der Waals surface area contributed by atoms with Gasteiger partial charge in [0.2, 0.25) is 82.7 Å². The number of aliphatic hydroxyl groups excluding tert-OH is 1. The monoisotopic (exact) mass is 1710 g/mol. The number of nitrogen functional groups attached to an aromatic ring is 1. The number of fused-ring (bicyclic) bond motifs is 1. The molecule has 1 aliphatic rings. The van der Waals surface area contributed by atoms with Gasteiger partial charge in [0.1, 0.15) is 72.6 Å². The van der Waals surface area contributed by atoms with Crippen LogP contribution in [-0.2, 0) is 107 Å². The van der Waals surface area contributed by atoms with Crippen molar-refractivity contribution in [3.05, 3.63) is 65.9 Å². The van der Waals surface area contributed by atoms with E-state index in [-0.39, 0.29) is 37.1 Å². The maximum Gasteiger partial charge on any atom is 0.407 e. The fourth-order valence-corrected chi connectivity index (χ4v) is 12.2. The number of aromatic nitrogens is 1. The number of ketones is 1. The van der Waals surface area contributed by atoms with Crippen LogP contribution in [0.1, 0.15) is 160 Å². The van der Waals surface area contributed by atoms with Crippen molar-refractivity contribution in [2.24, 2.45) is 11.7 Å². The van der Waals surface area contributed by atoms with E-state index in [1.807, 2.05) is 16.0 Å². The highest BCUT2D eigenvalue weighted by atomic mass is 16.6. The Bertz CT molecular complexity index is 4250. The van der Waals surface area contributed by atoms with Crippen molar-refractivity contribution in [1.82, 2.24) is 79.4 Å². The smallest absolute Gasteiger partial charge is 0.407 e. The molecule has 0 bridgehead atoms. The van der Waals surface area contributed by atoms with E-state index in [4.69, 9.17) is 20.9 Å². The highest BCUT2D eigenvalue weighted by Crippen LogP contribution is 2.22. The maximum absolute atomic E-state index is 14.9. The molecule has 45 heteroatoms. The number of Topliss-reactive ketones (excluding diaryl/α,β-unsaturated/α-hetero) is 1. The van der Waals surface area contributed by atoms with Gasteiger partial charge in [-0.15, -0.1) is 0 Å². The van der Waals surface area contributed by atoms with E-state index in [1.54, 1.807) is 30.5 Å². The maximum atomic E-state index is 14.9. The minimum absolute atomic E-state index is 0.0292. The van der Waals surface area contributed by atoms with Gasteiger partial charge < -0.3 is 126 Å². The van der Waals surface area contributed by atoms with Gasteiger partial charge in [0.25, 0.3) is 0 Å². The number of benzene rings is 2. The van der Waals surface area contributed by atoms with Crippen molar-refractivity contribution in [3.8, 4) is 0 Å². The second kappa shape index (κ2) is 50.4. The zero-order chi connectivity index (χ0) is 90.3. The highest BCUT2D eigenvalue weighted by Gasteiger charge is 2.41. The number of esters is 1. The lowest BCUT2D eigenvalue weighted by molar-refractivity contribution is -0.156. The number of para-hydroxylation sites is 2. The molecule has 121 heavy (non-hydrogen) atoms. The SMILES string of the molecule is CCCCCCCCCC(=O)N[C@@H](Cc1c[nH]c2ccccc12)C(=O)N[C@H](CC(N)=O)C(=O)N[C@@H](CC(=O)O)C(=O)N[C@@H]1C(=O)NCC(=O)N[C@@H](CCCNC(=O)OC(C)C)C(=O)N[C@@H](CC(=O)O)C(=O)N[C@H](C)C(=O)N[C@@H](CC(=O)O)C(=O)NCC(=O)N[C@H](CO)C(=O)N[C@@H]([C@@H](C)CC(=O)O)C(=O)N[C@@H](CC(=O)c2ccccc2N)C(=O)O[C@@H]1C. The molecular weight excluding hydrogens is 1600 g/mol. The lowest BCUT2D eigenvalue weighted by Gasteiger charge is -2.30. The van der Waals surface area contributed by atoms with Gasteiger partial charge in [0, 0.05) is 54.2 Å². The molecule has 45 nitrogen and oxygen atoms in total. The number of nitrogens with one attached hydrogen (secondary N) is 15. The van der Waals surface area contributed by atoms with E-state index >= 15 is 0 Å². The van der Waals surface area contributed by atoms with Gasteiger partial charge in [0.05, 0.1) is 57.9 Å². The van der Waals surface area contributed by atoms with Crippen LogP contribution in [0.5, 0.6) is 0 Å². The number of amides is 15. The van der Waals surface area contributed by atoms with Crippen molar-refractivity contribution in [2.75, 3.05) is 32.0 Å². The Kier molecular flexibility index (Phi) is 41.6. The summed E-state index contributed by atoms with van der Waals surface area (Å²) in [5, 5.41) is 81.3.